The molecule has 0 spiro atoms. The number of ether oxygens (including phenoxy) is 1. The van der Waals surface area contributed by atoms with Crippen LogP contribution >= 0.6 is 0 Å². The van der Waals surface area contributed by atoms with Gasteiger partial charge < -0.3 is 4.74 Å². The highest BCUT2D eigenvalue weighted by atomic mass is 28.3. The van der Waals surface area contributed by atoms with Gasteiger partial charge in [-0.1, -0.05) is 60.6 Å². The van der Waals surface area contributed by atoms with Crippen LogP contribution in [0.2, 0.25) is 19.6 Å². The van der Waals surface area contributed by atoms with Gasteiger partial charge >= 0.3 is 0 Å². The molecule has 1 nitrogen and oxygen atoms in total. The third kappa shape index (κ3) is 3.88. The van der Waals surface area contributed by atoms with Crippen molar-refractivity contribution in [2.75, 3.05) is 7.11 Å². The van der Waals surface area contributed by atoms with Crippen LogP contribution in [0.5, 0.6) is 5.75 Å². The molecule has 0 saturated heterocycles. The first-order valence-electron chi connectivity index (χ1n) is 7.85. The molecule has 0 amide bonds. The lowest BCUT2D eigenvalue weighted by Gasteiger charge is -2.23. The second-order valence-corrected chi connectivity index (χ2v) is 12.2. The fourth-order valence-electron chi connectivity index (χ4n) is 3.03. The van der Waals surface area contributed by atoms with Gasteiger partial charge in [-0.25, -0.2) is 0 Å². The summed E-state index contributed by atoms with van der Waals surface area (Å²) in [6, 6.07) is 4.63. The predicted octanol–water partition coefficient (Wildman–Crippen LogP) is 4.76. The summed E-state index contributed by atoms with van der Waals surface area (Å²) in [6.07, 6.45) is 7.99. The topological polar surface area (TPSA) is 9.23 Å². The highest BCUT2D eigenvalue weighted by Gasteiger charge is 2.23. The molecule has 0 saturated carbocycles. The summed E-state index contributed by atoms with van der Waals surface area (Å²) in [7, 11) is 0.435. The van der Waals surface area contributed by atoms with Crippen LogP contribution in [0.3, 0.4) is 0 Å². The SMILES string of the molecule is COc1c(CCC2=CC(C)=CC2)cc(C)cc1[Si](C)(C)C. The van der Waals surface area contributed by atoms with Crippen LogP contribution in [-0.4, -0.2) is 15.2 Å². The van der Waals surface area contributed by atoms with E-state index in [0.29, 0.717) is 0 Å². The summed E-state index contributed by atoms with van der Waals surface area (Å²) in [5.41, 5.74) is 5.69. The fraction of sp³-hybridized carbons (Fsp3) is 0.474. The molecule has 2 rings (SSSR count). The van der Waals surface area contributed by atoms with Crippen LogP contribution in [0.15, 0.2) is 35.4 Å². The number of benzene rings is 1. The maximum absolute atomic E-state index is 5.80. The Bertz CT molecular complexity index is 588. The van der Waals surface area contributed by atoms with Crippen molar-refractivity contribution in [2.45, 2.75) is 52.8 Å². The smallest absolute Gasteiger partial charge is 0.121 e. The van der Waals surface area contributed by atoms with Gasteiger partial charge in [0.15, 0.2) is 0 Å². The highest BCUT2D eigenvalue weighted by Crippen LogP contribution is 2.27. The quantitative estimate of drug-likeness (QED) is 0.713. The van der Waals surface area contributed by atoms with E-state index in [-0.39, 0.29) is 0 Å². The molecule has 0 aromatic heterocycles. The van der Waals surface area contributed by atoms with Gasteiger partial charge in [0.25, 0.3) is 0 Å². The van der Waals surface area contributed by atoms with Gasteiger partial charge in [-0.2, -0.15) is 0 Å². The van der Waals surface area contributed by atoms with Gasteiger partial charge in [-0.3, -0.25) is 0 Å². The number of rotatable bonds is 5. The number of hydrogen-bond donors (Lipinski definition) is 0. The van der Waals surface area contributed by atoms with Crippen molar-refractivity contribution in [1.82, 2.24) is 0 Å². The second kappa shape index (κ2) is 6.23. The molecule has 0 atom stereocenters. The van der Waals surface area contributed by atoms with Gasteiger partial charge in [0.2, 0.25) is 0 Å². The van der Waals surface area contributed by atoms with Gasteiger partial charge in [-0.05, 0) is 43.9 Å². The standard InChI is InChI=1S/C19H28OSi/c1-14-7-8-16(11-14)9-10-17-12-15(2)13-18(19(17)20-3)21(4,5)6/h7,11-13H,8-10H2,1-6H3. The molecule has 114 valence electrons. The Morgan fingerprint density at radius 2 is 1.81 bits per heavy atom. The molecule has 0 aliphatic heterocycles. The van der Waals surface area contributed by atoms with Gasteiger partial charge in [-0.15, -0.1) is 0 Å². The van der Waals surface area contributed by atoms with Crippen molar-refractivity contribution < 1.29 is 4.74 Å². The molecule has 0 unspecified atom stereocenters. The van der Waals surface area contributed by atoms with Crippen LogP contribution in [0.1, 0.15) is 30.9 Å². The zero-order chi connectivity index (χ0) is 15.6. The molecule has 1 aromatic rings. The molecule has 0 heterocycles. The Morgan fingerprint density at radius 1 is 1.10 bits per heavy atom. The van der Waals surface area contributed by atoms with E-state index < -0.39 is 8.07 Å². The van der Waals surface area contributed by atoms with Crippen LogP contribution in [0.25, 0.3) is 0 Å². The van der Waals surface area contributed by atoms with E-state index in [1.165, 1.54) is 21.9 Å². The Hall–Kier alpha value is -1.28. The number of hydrogen-bond acceptors (Lipinski definition) is 1. The summed E-state index contributed by atoms with van der Waals surface area (Å²) in [5.74, 6) is 1.14. The normalized spacial score (nSPS) is 15.0. The molecule has 1 aliphatic carbocycles. The maximum Gasteiger partial charge on any atom is 0.121 e. The Labute approximate surface area is 130 Å². The zero-order valence-corrected chi connectivity index (χ0v) is 15.3. The third-order valence-electron chi connectivity index (χ3n) is 4.16. The molecule has 0 radical (unpaired) electrons. The van der Waals surface area contributed by atoms with E-state index in [1.807, 2.05) is 7.11 Å². The first-order valence-corrected chi connectivity index (χ1v) is 11.4. The maximum atomic E-state index is 5.80. The van der Waals surface area contributed by atoms with Crippen molar-refractivity contribution in [3.8, 4) is 5.75 Å². The summed E-state index contributed by atoms with van der Waals surface area (Å²) in [4.78, 5) is 0. The first kappa shape index (κ1) is 16.1. The van der Waals surface area contributed by atoms with Crippen molar-refractivity contribution >= 4 is 13.3 Å². The van der Waals surface area contributed by atoms with Crippen LogP contribution in [0.4, 0.5) is 0 Å². The average molecular weight is 301 g/mol. The average Bonchev–Trinajstić information content (AvgIpc) is 2.80. The molecule has 1 aliphatic rings. The molecule has 0 N–H and O–H groups in total. The van der Waals surface area contributed by atoms with Gasteiger partial charge in [0.1, 0.15) is 5.75 Å². The Kier molecular flexibility index (Phi) is 4.77. The van der Waals surface area contributed by atoms with Crippen molar-refractivity contribution in [3.63, 3.8) is 0 Å². The lowest BCUT2D eigenvalue weighted by Crippen LogP contribution is -2.39. The predicted molar refractivity (Wildman–Crippen MR) is 95.5 cm³/mol. The summed E-state index contributed by atoms with van der Waals surface area (Å²) < 4.78 is 5.80. The van der Waals surface area contributed by atoms with Gasteiger partial charge in [0, 0.05) is 0 Å². The number of methoxy groups -OCH3 is 1. The number of aryl methyl sites for hydroxylation is 2. The summed E-state index contributed by atoms with van der Waals surface area (Å²) in [6.45, 7) is 11.6. The van der Waals surface area contributed by atoms with Crippen molar-refractivity contribution in [2.24, 2.45) is 0 Å². The minimum atomic E-state index is -1.38. The van der Waals surface area contributed by atoms with E-state index in [9.17, 15) is 0 Å². The zero-order valence-electron chi connectivity index (χ0n) is 14.3. The third-order valence-corrected chi connectivity index (χ3v) is 6.14. The monoisotopic (exact) mass is 300 g/mol. The highest BCUT2D eigenvalue weighted by molar-refractivity contribution is 6.89. The van der Waals surface area contributed by atoms with Crippen molar-refractivity contribution in [1.29, 1.82) is 0 Å². The van der Waals surface area contributed by atoms with Crippen molar-refractivity contribution in [3.05, 3.63) is 46.6 Å². The fourth-order valence-corrected chi connectivity index (χ4v) is 4.64. The molecule has 21 heavy (non-hydrogen) atoms. The molecule has 0 bridgehead atoms. The Morgan fingerprint density at radius 3 is 2.33 bits per heavy atom. The lowest BCUT2D eigenvalue weighted by molar-refractivity contribution is 0.412. The van der Waals surface area contributed by atoms with Crippen LogP contribution < -0.4 is 9.92 Å². The van der Waals surface area contributed by atoms with Gasteiger partial charge in [0.05, 0.1) is 15.2 Å². The molecular formula is C19H28OSi. The van der Waals surface area contributed by atoms with E-state index in [2.05, 4.69) is 57.8 Å². The van der Waals surface area contributed by atoms with E-state index in [0.717, 1.165) is 25.0 Å². The largest absolute Gasteiger partial charge is 0.497 e. The minimum Gasteiger partial charge on any atom is -0.497 e. The second-order valence-electron chi connectivity index (χ2n) is 7.21. The van der Waals surface area contributed by atoms with E-state index >= 15 is 0 Å². The molecule has 2 heteroatoms. The Balaban J connectivity index is 2.26. The van der Waals surface area contributed by atoms with Crippen LogP contribution in [0, 0.1) is 6.92 Å². The first-order chi connectivity index (χ1) is 9.81. The van der Waals surface area contributed by atoms with Crippen LogP contribution in [-0.2, 0) is 6.42 Å². The van der Waals surface area contributed by atoms with E-state index in [4.69, 9.17) is 4.74 Å². The summed E-state index contributed by atoms with van der Waals surface area (Å²) >= 11 is 0. The summed E-state index contributed by atoms with van der Waals surface area (Å²) in [5, 5.41) is 1.45. The molecule has 0 fully saturated rings. The number of allylic oxidation sites excluding steroid dienone is 4. The molecule has 1 aromatic carbocycles. The molecular weight excluding hydrogens is 272 g/mol. The minimum absolute atomic E-state index is 1.08. The lowest BCUT2D eigenvalue weighted by atomic mass is 10.0. The van der Waals surface area contributed by atoms with E-state index in [1.54, 1.807) is 5.57 Å².